The molecule has 0 aliphatic carbocycles. The van der Waals surface area contributed by atoms with Crippen molar-refractivity contribution in [3.05, 3.63) is 48.7 Å². The topological polar surface area (TPSA) is 109 Å². The maximum absolute atomic E-state index is 11.2. The quantitative estimate of drug-likeness (QED) is 0.333. The van der Waals surface area contributed by atoms with Crippen molar-refractivity contribution in [3.8, 4) is 5.75 Å². The molecule has 3 aliphatic rings. The van der Waals surface area contributed by atoms with Crippen molar-refractivity contribution in [1.29, 1.82) is 0 Å². The van der Waals surface area contributed by atoms with Crippen LogP contribution < -0.4 is 4.74 Å². The Balaban J connectivity index is 0.000000377. The molecular weight excluding hydrogens is 523 g/mol. The summed E-state index contributed by atoms with van der Waals surface area (Å²) in [6.07, 6.45) is 5.62. The number of rotatable bonds is 5. The highest BCUT2D eigenvalue weighted by atomic mass is 127. The number of nitrogens with zero attached hydrogens (tertiary/aromatic N) is 2. The summed E-state index contributed by atoms with van der Waals surface area (Å²) in [6, 6.07) is 7.96. The number of hydrogen-bond donors (Lipinski definition) is 2. The minimum atomic E-state index is -4.18. The van der Waals surface area contributed by atoms with Gasteiger partial charge in [-0.2, -0.15) is 10.9 Å². The minimum absolute atomic E-state index is 0.178. The first-order valence-electron chi connectivity index (χ1n) is 9.52. The second-order valence-electron chi connectivity index (χ2n) is 7.47. The third-order valence-corrected chi connectivity index (χ3v) is 7.42. The molecule has 164 valence electrons. The van der Waals surface area contributed by atoms with Crippen LogP contribution in [0.25, 0.3) is 10.9 Å². The van der Waals surface area contributed by atoms with Gasteiger partial charge in [-0.1, -0.05) is 6.08 Å². The third-order valence-electron chi connectivity index (χ3n) is 5.90. The maximum atomic E-state index is 11.2. The Morgan fingerprint density at radius 1 is 1.40 bits per heavy atom. The van der Waals surface area contributed by atoms with Crippen LogP contribution in [0, 0.1) is 11.8 Å². The van der Waals surface area contributed by atoms with Crippen molar-refractivity contribution in [2.75, 3.05) is 20.2 Å². The fraction of sp³-hybridized carbons (Fsp3) is 0.450. The first kappa shape index (κ1) is 23.4. The second kappa shape index (κ2) is 9.88. The molecule has 3 fully saturated rings. The van der Waals surface area contributed by atoms with Crippen molar-refractivity contribution in [1.82, 2.24) is 9.88 Å². The van der Waals surface area contributed by atoms with E-state index >= 15 is 0 Å². The van der Waals surface area contributed by atoms with E-state index in [0.717, 1.165) is 64.7 Å². The molecule has 2 N–H and O–H groups in total. The molecule has 3 saturated heterocycles. The predicted octanol–water partition coefficient (Wildman–Crippen LogP) is 3.33. The van der Waals surface area contributed by atoms with Gasteiger partial charge in [-0.25, -0.2) is 0 Å². The van der Waals surface area contributed by atoms with Crippen LogP contribution in [0.2, 0.25) is 0 Å². The monoisotopic (exact) mass is 548 g/mol. The molecule has 2 bridgehead atoms. The van der Waals surface area contributed by atoms with Crippen molar-refractivity contribution < 1.29 is 25.3 Å². The van der Waals surface area contributed by atoms with Gasteiger partial charge < -0.3 is 9.84 Å². The van der Waals surface area contributed by atoms with Crippen LogP contribution in [0.5, 0.6) is 5.75 Å². The Kier molecular flexibility index (Phi) is 7.69. The number of benzene rings is 1. The zero-order valence-corrected chi connectivity index (χ0v) is 19.5. The lowest BCUT2D eigenvalue weighted by Crippen LogP contribution is -2.54. The van der Waals surface area contributed by atoms with Crippen molar-refractivity contribution >= 4 is 44.3 Å². The molecule has 30 heavy (non-hydrogen) atoms. The molecule has 1 aromatic heterocycles. The highest BCUT2D eigenvalue weighted by Gasteiger charge is 2.42. The van der Waals surface area contributed by atoms with E-state index in [9.17, 15) is 13.5 Å². The first-order valence-corrected chi connectivity index (χ1v) is 11.8. The summed E-state index contributed by atoms with van der Waals surface area (Å²) in [4.78, 5) is 6.86. The molecule has 3 aliphatic heterocycles. The lowest BCUT2D eigenvalue weighted by atomic mass is 9.73. The number of ether oxygens (including phenoxy) is 1. The lowest BCUT2D eigenvalue weighted by Gasteiger charge is -2.50. The summed E-state index contributed by atoms with van der Waals surface area (Å²) in [5.41, 5.74) is 1.85. The fourth-order valence-electron chi connectivity index (χ4n) is 4.44. The molecule has 8 nitrogen and oxygen atoms in total. The molecule has 0 saturated carbocycles. The zero-order chi connectivity index (χ0) is 21.9. The Morgan fingerprint density at radius 3 is 2.70 bits per heavy atom. The predicted molar refractivity (Wildman–Crippen MR) is 122 cm³/mol. The van der Waals surface area contributed by atoms with E-state index in [0.29, 0.717) is 11.8 Å². The molecule has 1 aromatic carbocycles. The fourth-order valence-corrected chi connectivity index (χ4v) is 4.44. The SMILES string of the molecule is C=C[C@@H]1CN2CCC1C[C@@H]2[C@H](O)c1ccnc2ccc(OC)cc12.O=S(=O)(O)OI. The van der Waals surface area contributed by atoms with E-state index in [1.807, 2.05) is 24.3 Å². The third kappa shape index (κ3) is 5.29. The van der Waals surface area contributed by atoms with Gasteiger partial charge in [0.15, 0.2) is 0 Å². The summed E-state index contributed by atoms with van der Waals surface area (Å²) in [7, 11) is -2.51. The summed E-state index contributed by atoms with van der Waals surface area (Å²) < 4.78 is 35.0. The molecule has 10 heteroatoms. The molecule has 0 spiro atoms. The Hall–Kier alpha value is -1.31. The average molecular weight is 548 g/mol. The van der Waals surface area contributed by atoms with Gasteiger partial charge in [-0.05, 0) is 61.1 Å². The lowest BCUT2D eigenvalue weighted by molar-refractivity contribution is -0.0444. The molecule has 2 aromatic rings. The highest BCUT2D eigenvalue weighted by molar-refractivity contribution is 14.1. The van der Waals surface area contributed by atoms with Crippen molar-refractivity contribution in [2.45, 2.75) is 25.0 Å². The summed E-state index contributed by atoms with van der Waals surface area (Å²) >= 11 is 1.06. The Labute approximate surface area is 190 Å². The van der Waals surface area contributed by atoms with Crippen LogP contribution in [0.15, 0.2) is 43.1 Å². The van der Waals surface area contributed by atoms with Gasteiger partial charge in [0, 0.05) is 24.2 Å². The minimum Gasteiger partial charge on any atom is -0.497 e. The van der Waals surface area contributed by atoms with Gasteiger partial charge in [-0.3, -0.25) is 14.4 Å². The van der Waals surface area contributed by atoms with Crippen LogP contribution in [0.3, 0.4) is 0 Å². The van der Waals surface area contributed by atoms with Crippen LogP contribution in [-0.2, 0) is 12.9 Å². The van der Waals surface area contributed by atoms with Gasteiger partial charge in [0.05, 0.1) is 18.7 Å². The van der Waals surface area contributed by atoms with Gasteiger partial charge in [0.2, 0.25) is 0 Å². The van der Waals surface area contributed by atoms with Crippen LogP contribution in [0.1, 0.15) is 24.5 Å². The standard InChI is InChI=1S/C20H24N2O2.HIO4S/c1-3-13-12-22-9-7-14(13)10-19(22)20(23)16-6-8-21-18-5-4-15(24-2)11-17(16)18;1-5-6(2,3)4/h3-6,8,11,13-14,19-20,23H,1,7,9-10,12H2,2H3;(H,2,3,4)/t13-,14?,19-,20-;/m1./s1. The van der Waals surface area contributed by atoms with Gasteiger partial charge in [0.25, 0.3) is 0 Å². The first-order chi connectivity index (χ1) is 14.3. The van der Waals surface area contributed by atoms with E-state index in [1.165, 1.54) is 6.42 Å². The number of aromatic nitrogens is 1. The number of halogens is 1. The van der Waals surface area contributed by atoms with E-state index in [-0.39, 0.29) is 6.04 Å². The Bertz CT molecular complexity index is 1000. The summed E-state index contributed by atoms with van der Waals surface area (Å²) in [5.74, 6) is 2.01. The van der Waals surface area contributed by atoms with Crippen molar-refractivity contribution in [2.24, 2.45) is 11.8 Å². The van der Waals surface area contributed by atoms with E-state index in [4.69, 9.17) is 9.29 Å². The molecule has 5 rings (SSSR count). The van der Waals surface area contributed by atoms with E-state index in [2.05, 4.69) is 25.1 Å². The van der Waals surface area contributed by atoms with E-state index in [1.54, 1.807) is 13.3 Å². The normalized spacial score (nSPS) is 26.5. The highest BCUT2D eigenvalue weighted by Crippen LogP contribution is 2.42. The molecule has 0 radical (unpaired) electrons. The molecule has 2 unspecified atom stereocenters. The van der Waals surface area contributed by atoms with Crippen LogP contribution >= 0.6 is 23.0 Å². The molecule has 5 atom stereocenters. The zero-order valence-electron chi connectivity index (χ0n) is 16.5. The van der Waals surface area contributed by atoms with Gasteiger partial charge in [0.1, 0.15) is 28.8 Å². The van der Waals surface area contributed by atoms with Gasteiger partial charge >= 0.3 is 10.4 Å². The smallest absolute Gasteiger partial charge is 0.406 e. The molecule has 4 heterocycles. The number of methoxy groups -OCH3 is 1. The number of aliphatic hydroxyl groups excluding tert-OH is 1. The largest absolute Gasteiger partial charge is 0.497 e. The van der Waals surface area contributed by atoms with Gasteiger partial charge in [-0.15, -0.1) is 6.58 Å². The molecular formula is C20H25IN2O6S. The van der Waals surface area contributed by atoms with Crippen molar-refractivity contribution in [3.63, 3.8) is 0 Å². The number of hydrogen-bond acceptors (Lipinski definition) is 7. The Morgan fingerprint density at radius 2 is 2.13 bits per heavy atom. The number of aliphatic hydroxyl groups is 1. The molecule has 0 amide bonds. The van der Waals surface area contributed by atoms with Crippen LogP contribution in [-0.4, -0.2) is 54.2 Å². The number of fused-ring (bicyclic) bond motifs is 4. The number of piperidine rings is 3. The van der Waals surface area contributed by atoms with Crippen LogP contribution in [0.4, 0.5) is 0 Å². The summed E-state index contributed by atoms with van der Waals surface area (Å²) in [6.45, 7) is 6.07. The number of pyridine rings is 1. The maximum Gasteiger partial charge on any atom is 0.406 e. The second-order valence-corrected chi connectivity index (χ2v) is 9.53. The van der Waals surface area contributed by atoms with E-state index < -0.39 is 16.5 Å². The average Bonchev–Trinajstić information content (AvgIpc) is 2.77. The summed E-state index contributed by atoms with van der Waals surface area (Å²) in [5, 5.41) is 12.1.